The van der Waals surface area contributed by atoms with Gasteiger partial charge in [-0.2, -0.15) is 0 Å². The highest BCUT2D eigenvalue weighted by atomic mass is 15.0. The largest absolute Gasteiger partial charge is 0.356 e. The molecule has 0 amide bonds. The Labute approximate surface area is 128 Å². The Morgan fingerprint density at radius 2 is 1.41 bits per heavy atom. The quantitative estimate of drug-likeness (QED) is 0.589. The van der Waals surface area contributed by atoms with Crippen LogP contribution >= 0.6 is 0 Å². The predicted molar refractivity (Wildman–Crippen MR) is 87.9 cm³/mol. The fourth-order valence-corrected chi connectivity index (χ4v) is 1.90. The minimum absolute atomic E-state index is 0.713. The lowest BCUT2D eigenvalue weighted by Gasteiger charge is -2.04. The summed E-state index contributed by atoms with van der Waals surface area (Å²) in [5.41, 5.74) is 3.82. The molecule has 0 aliphatic carbocycles. The molecule has 0 radical (unpaired) electrons. The molecule has 0 atom stereocenters. The van der Waals surface area contributed by atoms with Gasteiger partial charge in [0.1, 0.15) is 11.8 Å². The molecule has 0 aliphatic rings. The molecule has 0 spiro atoms. The summed E-state index contributed by atoms with van der Waals surface area (Å²) in [6, 6.07) is 20.3. The summed E-state index contributed by atoms with van der Waals surface area (Å²) in [6.45, 7) is 0. The summed E-state index contributed by atoms with van der Waals surface area (Å²) in [4.78, 5) is 14.5. The topological polar surface area (TPSA) is 66.5 Å². The molecular weight excluding hydrogens is 274 g/mol. The molecular formula is C17H15N5. The van der Waals surface area contributed by atoms with Crippen molar-refractivity contribution in [2.75, 3.05) is 5.32 Å². The third-order valence-corrected chi connectivity index (χ3v) is 2.93. The first-order valence-electron chi connectivity index (χ1n) is 6.88. The number of rotatable bonds is 2. The van der Waals surface area contributed by atoms with E-state index >= 15 is 0 Å². The van der Waals surface area contributed by atoms with Crippen LogP contribution in [0.1, 0.15) is 0 Å². The molecule has 2 aromatic carbocycles. The summed E-state index contributed by atoms with van der Waals surface area (Å²) < 4.78 is 0. The molecule has 2 N–H and O–H groups in total. The van der Waals surface area contributed by atoms with Gasteiger partial charge in [-0.05, 0) is 24.3 Å². The second-order valence-corrected chi connectivity index (χ2v) is 4.52. The fraction of sp³-hybridized carbons (Fsp3) is 0. The van der Waals surface area contributed by atoms with E-state index in [1.807, 2.05) is 60.7 Å². The summed E-state index contributed by atoms with van der Waals surface area (Å²) in [5, 5.41) is 3.30. The summed E-state index contributed by atoms with van der Waals surface area (Å²) >= 11 is 0. The SMILES string of the molecule is c1ccc(Nc2ccccc2)cc1.c1ncc2[nH]cnc2n1. The number of benzene rings is 2. The predicted octanol–water partition coefficient (Wildman–Crippen LogP) is 3.78. The molecule has 0 unspecified atom stereocenters. The van der Waals surface area contributed by atoms with Crippen LogP contribution in [0.2, 0.25) is 0 Å². The number of aromatic amines is 1. The van der Waals surface area contributed by atoms with E-state index in [1.54, 1.807) is 12.5 Å². The monoisotopic (exact) mass is 289 g/mol. The molecule has 2 heterocycles. The highest BCUT2D eigenvalue weighted by Gasteiger charge is 1.91. The molecule has 108 valence electrons. The van der Waals surface area contributed by atoms with Gasteiger partial charge in [0.2, 0.25) is 0 Å². The summed E-state index contributed by atoms with van der Waals surface area (Å²) in [7, 11) is 0. The number of aromatic nitrogens is 4. The highest BCUT2D eigenvalue weighted by Crippen LogP contribution is 2.14. The molecule has 0 bridgehead atoms. The van der Waals surface area contributed by atoms with E-state index in [2.05, 4.69) is 25.3 Å². The van der Waals surface area contributed by atoms with Crippen LogP contribution in [0, 0.1) is 0 Å². The van der Waals surface area contributed by atoms with Gasteiger partial charge >= 0.3 is 0 Å². The number of hydrogen-bond donors (Lipinski definition) is 2. The second-order valence-electron chi connectivity index (χ2n) is 4.52. The van der Waals surface area contributed by atoms with Gasteiger partial charge in [-0.1, -0.05) is 36.4 Å². The van der Waals surface area contributed by atoms with E-state index in [4.69, 9.17) is 0 Å². The van der Waals surface area contributed by atoms with E-state index in [9.17, 15) is 0 Å². The van der Waals surface area contributed by atoms with E-state index in [0.29, 0.717) is 5.65 Å². The smallest absolute Gasteiger partial charge is 0.180 e. The third-order valence-electron chi connectivity index (χ3n) is 2.93. The Hall–Kier alpha value is -3.21. The van der Waals surface area contributed by atoms with Crippen molar-refractivity contribution >= 4 is 22.5 Å². The third kappa shape index (κ3) is 3.67. The standard InChI is InChI=1S/C12H11N.C5H4N4/c1-3-7-11(8-4-1)13-12-9-5-2-6-10-12;1-4-5(8-2-6-1)9-3-7-4/h1-10,13H;1-3H,(H,6,7,8,9). The first-order valence-corrected chi connectivity index (χ1v) is 6.88. The Morgan fingerprint density at radius 1 is 0.773 bits per heavy atom. The number of anilines is 2. The van der Waals surface area contributed by atoms with Crippen LogP contribution in [0.5, 0.6) is 0 Å². The van der Waals surface area contributed by atoms with Crippen LogP contribution in [0.3, 0.4) is 0 Å². The van der Waals surface area contributed by atoms with Gasteiger partial charge < -0.3 is 10.3 Å². The zero-order chi connectivity index (χ0) is 15.0. The summed E-state index contributed by atoms with van der Waals surface area (Å²) in [6.07, 6.45) is 4.76. The molecule has 0 saturated heterocycles. The molecule has 4 aromatic rings. The molecule has 0 fully saturated rings. The Morgan fingerprint density at radius 3 is 2.00 bits per heavy atom. The minimum atomic E-state index is 0.713. The maximum Gasteiger partial charge on any atom is 0.180 e. The number of para-hydroxylation sites is 2. The minimum Gasteiger partial charge on any atom is -0.356 e. The molecule has 22 heavy (non-hydrogen) atoms. The van der Waals surface area contributed by atoms with Crippen LogP contribution in [0.4, 0.5) is 11.4 Å². The van der Waals surface area contributed by atoms with Gasteiger partial charge in [0.05, 0.1) is 12.5 Å². The summed E-state index contributed by atoms with van der Waals surface area (Å²) in [5.74, 6) is 0. The van der Waals surface area contributed by atoms with Crippen molar-refractivity contribution in [2.24, 2.45) is 0 Å². The van der Waals surface area contributed by atoms with Crippen molar-refractivity contribution in [3.05, 3.63) is 79.5 Å². The van der Waals surface area contributed by atoms with Crippen LogP contribution in [-0.4, -0.2) is 19.9 Å². The zero-order valence-corrected chi connectivity index (χ0v) is 11.8. The average molecular weight is 289 g/mol. The lowest BCUT2D eigenvalue weighted by Crippen LogP contribution is -1.87. The maximum atomic E-state index is 3.91. The Bertz CT molecular complexity index is 744. The van der Waals surface area contributed by atoms with Gasteiger partial charge in [-0.25, -0.2) is 15.0 Å². The van der Waals surface area contributed by atoms with Crippen LogP contribution in [0.25, 0.3) is 11.2 Å². The molecule has 4 rings (SSSR count). The van der Waals surface area contributed by atoms with E-state index < -0.39 is 0 Å². The number of hydrogen-bond acceptors (Lipinski definition) is 4. The average Bonchev–Trinajstić information content (AvgIpc) is 3.06. The Balaban J connectivity index is 0.000000139. The van der Waals surface area contributed by atoms with Gasteiger partial charge in [-0.15, -0.1) is 0 Å². The van der Waals surface area contributed by atoms with E-state index in [0.717, 1.165) is 16.9 Å². The maximum absolute atomic E-state index is 3.91. The van der Waals surface area contributed by atoms with Crippen LogP contribution in [-0.2, 0) is 0 Å². The van der Waals surface area contributed by atoms with Gasteiger partial charge in [0, 0.05) is 11.4 Å². The number of nitrogens with zero attached hydrogens (tertiary/aromatic N) is 3. The normalized spacial score (nSPS) is 9.82. The van der Waals surface area contributed by atoms with Crippen molar-refractivity contribution < 1.29 is 0 Å². The van der Waals surface area contributed by atoms with Crippen molar-refractivity contribution in [1.29, 1.82) is 0 Å². The number of imidazole rings is 1. The number of nitrogens with one attached hydrogen (secondary N) is 2. The highest BCUT2D eigenvalue weighted by molar-refractivity contribution is 5.67. The molecule has 0 saturated carbocycles. The molecule has 2 aromatic heterocycles. The van der Waals surface area contributed by atoms with Crippen molar-refractivity contribution in [1.82, 2.24) is 19.9 Å². The first kappa shape index (κ1) is 13.8. The van der Waals surface area contributed by atoms with Gasteiger partial charge in [0.25, 0.3) is 0 Å². The van der Waals surface area contributed by atoms with Crippen LogP contribution < -0.4 is 5.32 Å². The van der Waals surface area contributed by atoms with Crippen molar-refractivity contribution in [3.63, 3.8) is 0 Å². The van der Waals surface area contributed by atoms with Gasteiger partial charge in [-0.3, -0.25) is 0 Å². The lowest BCUT2D eigenvalue weighted by atomic mass is 10.3. The second kappa shape index (κ2) is 6.99. The number of H-pyrrole nitrogens is 1. The van der Waals surface area contributed by atoms with Gasteiger partial charge in [0.15, 0.2) is 5.65 Å². The molecule has 5 nitrogen and oxygen atoms in total. The van der Waals surface area contributed by atoms with Crippen molar-refractivity contribution in [2.45, 2.75) is 0 Å². The van der Waals surface area contributed by atoms with Crippen LogP contribution in [0.15, 0.2) is 79.5 Å². The van der Waals surface area contributed by atoms with E-state index in [1.165, 1.54) is 6.33 Å². The molecule has 0 aliphatic heterocycles. The molecule has 5 heteroatoms. The zero-order valence-electron chi connectivity index (χ0n) is 11.8. The lowest BCUT2D eigenvalue weighted by molar-refractivity contribution is 1.20. The number of fused-ring (bicyclic) bond motifs is 1. The fourth-order valence-electron chi connectivity index (χ4n) is 1.90. The van der Waals surface area contributed by atoms with E-state index in [-0.39, 0.29) is 0 Å². The Kier molecular flexibility index (Phi) is 4.37. The first-order chi connectivity index (χ1) is 10.9. The van der Waals surface area contributed by atoms with Crippen molar-refractivity contribution in [3.8, 4) is 0 Å².